The zero-order valence-electron chi connectivity index (χ0n) is 10.5. The predicted molar refractivity (Wildman–Crippen MR) is 72.7 cm³/mol. The van der Waals surface area contributed by atoms with E-state index in [4.69, 9.17) is 17.3 Å². The van der Waals surface area contributed by atoms with Crippen LogP contribution in [0.1, 0.15) is 5.56 Å². The molecule has 2 nitrogen and oxygen atoms in total. The number of nitrogen functional groups attached to an aromatic ring is 1. The Labute approximate surface area is 118 Å². The van der Waals surface area contributed by atoms with Gasteiger partial charge in [0.2, 0.25) is 0 Å². The molecule has 0 aliphatic rings. The van der Waals surface area contributed by atoms with Crippen molar-refractivity contribution in [3.05, 3.63) is 47.0 Å². The van der Waals surface area contributed by atoms with Crippen LogP contribution in [0.4, 0.5) is 18.9 Å². The van der Waals surface area contributed by atoms with Crippen molar-refractivity contribution in [2.45, 2.75) is 13.3 Å². The van der Waals surface area contributed by atoms with Crippen LogP contribution in [-0.2, 0) is 0 Å². The van der Waals surface area contributed by atoms with Gasteiger partial charge in [0.15, 0.2) is 0 Å². The molecule has 2 aromatic rings. The van der Waals surface area contributed by atoms with Gasteiger partial charge in [0.05, 0.1) is 5.02 Å². The van der Waals surface area contributed by atoms with Crippen molar-refractivity contribution in [1.82, 2.24) is 0 Å². The summed E-state index contributed by atoms with van der Waals surface area (Å²) in [5, 5.41) is 0.411. The van der Waals surface area contributed by atoms with Crippen LogP contribution < -0.4 is 10.5 Å². The van der Waals surface area contributed by atoms with Gasteiger partial charge < -0.3 is 10.5 Å². The summed E-state index contributed by atoms with van der Waals surface area (Å²) in [5.41, 5.74) is 8.07. The largest absolute Gasteiger partial charge is 0.573 e. The second-order valence-electron chi connectivity index (χ2n) is 4.22. The van der Waals surface area contributed by atoms with Crippen molar-refractivity contribution < 1.29 is 17.9 Å². The molecule has 6 heteroatoms. The first kappa shape index (κ1) is 14.5. The molecule has 0 aliphatic carbocycles. The van der Waals surface area contributed by atoms with Gasteiger partial charge in [-0.25, -0.2) is 0 Å². The minimum atomic E-state index is -4.72. The molecule has 0 bridgehead atoms. The average molecular weight is 302 g/mol. The number of halogens is 4. The predicted octanol–water partition coefficient (Wildman–Crippen LogP) is 4.80. The lowest BCUT2D eigenvalue weighted by molar-refractivity contribution is -0.274. The van der Waals surface area contributed by atoms with Gasteiger partial charge in [0.25, 0.3) is 0 Å². The number of benzene rings is 2. The fraction of sp³-hybridized carbons (Fsp3) is 0.143. The molecular formula is C14H11ClF3NO. The van der Waals surface area contributed by atoms with Crippen LogP contribution in [0.3, 0.4) is 0 Å². The van der Waals surface area contributed by atoms with Gasteiger partial charge in [-0.3, -0.25) is 0 Å². The SMILES string of the molecule is Cc1c(N)ccc(-c2cccc(OC(F)(F)F)c2)c1Cl. The van der Waals surface area contributed by atoms with E-state index >= 15 is 0 Å². The summed E-state index contributed by atoms with van der Waals surface area (Å²) in [6.45, 7) is 1.75. The first-order chi connectivity index (χ1) is 9.28. The third kappa shape index (κ3) is 3.17. The molecular weight excluding hydrogens is 291 g/mol. The van der Waals surface area contributed by atoms with Crippen LogP contribution in [0.25, 0.3) is 11.1 Å². The lowest BCUT2D eigenvalue weighted by atomic mass is 10.0. The molecule has 0 amide bonds. The molecule has 106 valence electrons. The van der Waals surface area contributed by atoms with Gasteiger partial charge in [0.1, 0.15) is 5.75 Å². The molecule has 0 unspecified atom stereocenters. The first-order valence-electron chi connectivity index (χ1n) is 5.68. The Bertz CT molecular complexity index is 641. The summed E-state index contributed by atoms with van der Waals surface area (Å²) in [6, 6.07) is 8.96. The van der Waals surface area contributed by atoms with Crippen LogP contribution in [0.5, 0.6) is 5.75 Å². The third-order valence-corrected chi connectivity index (χ3v) is 3.29. The summed E-state index contributed by atoms with van der Waals surface area (Å²) >= 11 is 6.18. The first-order valence-corrected chi connectivity index (χ1v) is 6.06. The summed E-state index contributed by atoms with van der Waals surface area (Å²) < 4.78 is 40.5. The molecule has 0 aromatic heterocycles. The van der Waals surface area contributed by atoms with Crippen molar-refractivity contribution in [2.24, 2.45) is 0 Å². The molecule has 0 aliphatic heterocycles. The maximum absolute atomic E-state index is 12.2. The van der Waals surface area contributed by atoms with Crippen molar-refractivity contribution in [3.8, 4) is 16.9 Å². The van der Waals surface area contributed by atoms with Gasteiger partial charge in [-0.2, -0.15) is 0 Å². The number of nitrogens with two attached hydrogens (primary N) is 1. The minimum Gasteiger partial charge on any atom is -0.406 e. The summed E-state index contributed by atoms with van der Waals surface area (Å²) in [7, 11) is 0. The molecule has 2 N–H and O–H groups in total. The highest BCUT2D eigenvalue weighted by molar-refractivity contribution is 6.34. The number of rotatable bonds is 2. The Morgan fingerprint density at radius 3 is 2.50 bits per heavy atom. The number of hydrogen-bond acceptors (Lipinski definition) is 2. The monoisotopic (exact) mass is 301 g/mol. The van der Waals surface area contributed by atoms with Gasteiger partial charge in [-0.1, -0.05) is 29.8 Å². The molecule has 0 fully saturated rings. The van der Waals surface area contributed by atoms with E-state index in [2.05, 4.69) is 4.74 Å². The number of alkyl halides is 3. The quantitative estimate of drug-likeness (QED) is 0.809. The average Bonchev–Trinajstić information content (AvgIpc) is 2.34. The van der Waals surface area contributed by atoms with Crippen molar-refractivity contribution in [1.29, 1.82) is 0 Å². The van der Waals surface area contributed by atoms with E-state index in [0.717, 1.165) is 0 Å². The number of ether oxygens (including phenoxy) is 1. The standard InChI is InChI=1S/C14H11ClF3NO/c1-8-12(19)6-5-11(13(8)15)9-3-2-4-10(7-9)20-14(16,17)18/h2-7H,19H2,1H3. The zero-order chi connectivity index (χ0) is 14.9. The van der Waals surface area contributed by atoms with Crippen LogP contribution in [0, 0.1) is 6.92 Å². The van der Waals surface area contributed by atoms with Gasteiger partial charge in [0, 0.05) is 11.3 Å². The molecule has 2 rings (SSSR count). The van der Waals surface area contributed by atoms with E-state index in [-0.39, 0.29) is 5.75 Å². The number of hydrogen-bond donors (Lipinski definition) is 1. The van der Waals surface area contributed by atoms with E-state index in [0.29, 0.717) is 27.4 Å². The Morgan fingerprint density at radius 2 is 1.85 bits per heavy atom. The van der Waals surface area contributed by atoms with E-state index in [1.54, 1.807) is 25.1 Å². The van der Waals surface area contributed by atoms with Gasteiger partial charge in [-0.05, 0) is 36.2 Å². The highest BCUT2D eigenvalue weighted by Crippen LogP contribution is 2.35. The second kappa shape index (κ2) is 5.25. The lowest BCUT2D eigenvalue weighted by Crippen LogP contribution is -2.17. The number of anilines is 1. The molecule has 0 heterocycles. The third-order valence-electron chi connectivity index (χ3n) is 2.81. The normalized spacial score (nSPS) is 11.4. The second-order valence-corrected chi connectivity index (χ2v) is 4.59. The highest BCUT2D eigenvalue weighted by Gasteiger charge is 2.31. The molecule has 0 saturated carbocycles. The summed E-state index contributed by atoms with van der Waals surface area (Å²) in [4.78, 5) is 0. The fourth-order valence-electron chi connectivity index (χ4n) is 1.78. The minimum absolute atomic E-state index is 0.291. The van der Waals surface area contributed by atoms with Gasteiger partial charge >= 0.3 is 6.36 Å². The zero-order valence-corrected chi connectivity index (χ0v) is 11.2. The highest BCUT2D eigenvalue weighted by atomic mass is 35.5. The van der Waals surface area contributed by atoms with Gasteiger partial charge in [-0.15, -0.1) is 13.2 Å². The Morgan fingerprint density at radius 1 is 1.15 bits per heavy atom. The Kier molecular flexibility index (Phi) is 3.81. The molecule has 20 heavy (non-hydrogen) atoms. The van der Waals surface area contributed by atoms with Crippen LogP contribution >= 0.6 is 11.6 Å². The maximum Gasteiger partial charge on any atom is 0.573 e. The fourth-order valence-corrected chi connectivity index (χ4v) is 2.06. The van der Waals surface area contributed by atoms with Crippen LogP contribution in [0.15, 0.2) is 36.4 Å². The van der Waals surface area contributed by atoms with Crippen LogP contribution in [-0.4, -0.2) is 6.36 Å². The van der Waals surface area contributed by atoms with E-state index in [9.17, 15) is 13.2 Å². The molecule has 0 spiro atoms. The topological polar surface area (TPSA) is 35.2 Å². The molecule has 0 radical (unpaired) electrons. The Hall–Kier alpha value is -1.88. The summed E-state index contributed by atoms with van der Waals surface area (Å²) in [5.74, 6) is -0.291. The Balaban J connectivity index is 2.44. The van der Waals surface area contributed by atoms with E-state index < -0.39 is 6.36 Å². The maximum atomic E-state index is 12.2. The molecule has 0 atom stereocenters. The molecule has 2 aromatic carbocycles. The van der Waals surface area contributed by atoms with E-state index in [1.165, 1.54) is 18.2 Å². The lowest BCUT2D eigenvalue weighted by Gasteiger charge is -2.12. The van der Waals surface area contributed by atoms with Crippen molar-refractivity contribution in [2.75, 3.05) is 5.73 Å². The summed E-state index contributed by atoms with van der Waals surface area (Å²) in [6.07, 6.45) is -4.72. The van der Waals surface area contributed by atoms with E-state index in [1.807, 2.05) is 0 Å². The molecule has 0 saturated heterocycles. The van der Waals surface area contributed by atoms with Crippen molar-refractivity contribution in [3.63, 3.8) is 0 Å². The van der Waals surface area contributed by atoms with Crippen LogP contribution in [0.2, 0.25) is 5.02 Å². The van der Waals surface area contributed by atoms with Crippen molar-refractivity contribution >= 4 is 17.3 Å². The smallest absolute Gasteiger partial charge is 0.406 e.